The van der Waals surface area contributed by atoms with Gasteiger partial charge in [0.2, 0.25) is 0 Å². The van der Waals surface area contributed by atoms with Gasteiger partial charge in [-0.25, -0.2) is 4.79 Å². The number of carbonyl (C=O) groups is 1. The number of carboxylic acids is 1. The van der Waals surface area contributed by atoms with E-state index in [2.05, 4.69) is 15.9 Å². The Kier molecular flexibility index (Phi) is 4.41. The summed E-state index contributed by atoms with van der Waals surface area (Å²) in [6.07, 6.45) is 0. The van der Waals surface area contributed by atoms with Crippen molar-refractivity contribution in [2.75, 3.05) is 0 Å². The zero-order valence-corrected chi connectivity index (χ0v) is 12.3. The van der Waals surface area contributed by atoms with Gasteiger partial charge in [0.05, 0.1) is 15.4 Å². The van der Waals surface area contributed by atoms with E-state index in [0.29, 0.717) is 4.90 Å². The molecular weight excluding hydrogens is 346 g/mol. The highest BCUT2D eigenvalue weighted by Crippen LogP contribution is 2.36. The molecule has 20 heavy (non-hydrogen) atoms. The molecule has 0 heterocycles. The minimum atomic E-state index is -1.11. The molecule has 0 unspecified atom stereocenters. The number of rotatable bonds is 4. The average Bonchev–Trinajstić information content (AvgIpc) is 2.38. The molecule has 7 heteroatoms. The molecule has 0 aliphatic heterocycles. The maximum atomic E-state index is 11.0. The van der Waals surface area contributed by atoms with E-state index >= 15 is 0 Å². The van der Waals surface area contributed by atoms with Gasteiger partial charge in [-0.05, 0) is 30.3 Å². The summed E-state index contributed by atoms with van der Waals surface area (Å²) in [4.78, 5) is 22.5. The molecule has 2 aromatic rings. The van der Waals surface area contributed by atoms with Crippen LogP contribution in [0, 0.1) is 10.1 Å². The van der Waals surface area contributed by atoms with Crippen LogP contribution in [-0.4, -0.2) is 16.0 Å². The van der Waals surface area contributed by atoms with E-state index in [9.17, 15) is 14.9 Å². The molecule has 2 rings (SSSR count). The molecule has 0 fully saturated rings. The lowest BCUT2D eigenvalue weighted by atomic mass is 10.2. The number of benzene rings is 2. The third-order valence-corrected chi connectivity index (χ3v) is 3.96. The van der Waals surface area contributed by atoms with Gasteiger partial charge in [0, 0.05) is 15.4 Å². The van der Waals surface area contributed by atoms with Crippen molar-refractivity contribution in [2.24, 2.45) is 0 Å². The number of carboxylic acid groups (broad SMARTS) is 1. The average molecular weight is 354 g/mol. The Morgan fingerprint density at radius 3 is 2.60 bits per heavy atom. The largest absolute Gasteiger partial charge is 0.478 e. The molecule has 0 aliphatic rings. The van der Waals surface area contributed by atoms with Crippen LogP contribution in [0.5, 0.6) is 0 Å². The number of nitro groups is 1. The van der Waals surface area contributed by atoms with Crippen molar-refractivity contribution in [1.82, 2.24) is 0 Å². The SMILES string of the molecule is O=C(O)c1ccc([N+](=O)[O-])c(Sc2cccc(Br)c2)c1. The zero-order chi connectivity index (χ0) is 14.7. The highest BCUT2D eigenvalue weighted by atomic mass is 79.9. The second kappa shape index (κ2) is 6.06. The Bertz CT molecular complexity index is 690. The van der Waals surface area contributed by atoms with Gasteiger partial charge in [0.25, 0.3) is 5.69 Å². The van der Waals surface area contributed by atoms with Crippen molar-refractivity contribution in [3.05, 3.63) is 62.6 Å². The number of hydrogen-bond donors (Lipinski definition) is 1. The van der Waals surface area contributed by atoms with Crippen LogP contribution < -0.4 is 0 Å². The number of nitrogens with zero attached hydrogens (tertiary/aromatic N) is 1. The standard InChI is InChI=1S/C13H8BrNO4S/c14-9-2-1-3-10(7-9)20-12-6-8(13(16)17)4-5-11(12)15(18)19/h1-7H,(H,16,17). The Morgan fingerprint density at radius 2 is 2.00 bits per heavy atom. The maximum Gasteiger partial charge on any atom is 0.335 e. The van der Waals surface area contributed by atoms with Gasteiger partial charge in [-0.3, -0.25) is 10.1 Å². The van der Waals surface area contributed by atoms with Gasteiger partial charge >= 0.3 is 5.97 Å². The summed E-state index contributed by atoms with van der Waals surface area (Å²) in [7, 11) is 0. The van der Waals surface area contributed by atoms with Gasteiger partial charge in [-0.2, -0.15) is 0 Å². The Balaban J connectivity index is 2.44. The Hall–Kier alpha value is -1.86. The predicted molar refractivity (Wildman–Crippen MR) is 78.3 cm³/mol. The van der Waals surface area contributed by atoms with Crippen LogP contribution in [-0.2, 0) is 0 Å². The summed E-state index contributed by atoms with van der Waals surface area (Å²) in [6, 6.07) is 11.0. The van der Waals surface area contributed by atoms with E-state index < -0.39 is 10.9 Å². The summed E-state index contributed by atoms with van der Waals surface area (Å²) in [5, 5.41) is 20.0. The van der Waals surface area contributed by atoms with E-state index in [4.69, 9.17) is 5.11 Å². The second-order valence-corrected chi connectivity index (χ2v) is 5.84. The first-order valence-electron chi connectivity index (χ1n) is 5.42. The molecular formula is C13H8BrNO4S. The van der Waals surface area contributed by atoms with E-state index in [1.807, 2.05) is 12.1 Å². The van der Waals surface area contributed by atoms with Gasteiger partial charge in [0.15, 0.2) is 0 Å². The van der Waals surface area contributed by atoms with Crippen LogP contribution in [0.3, 0.4) is 0 Å². The number of nitro benzene ring substituents is 1. The molecule has 0 saturated carbocycles. The zero-order valence-electron chi connectivity index (χ0n) is 9.95. The fraction of sp³-hybridized carbons (Fsp3) is 0. The van der Waals surface area contributed by atoms with Crippen molar-refractivity contribution >= 4 is 39.3 Å². The number of hydrogen-bond acceptors (Lipinski definition) is 4. The van der Waals surface area contributed by atoms with Crippen molar-refractivity contribution < 1.29 is 14.8 Å². The maximum absolute atomic E-state index is 11.0. The van der Waals surface area contributed by atoms with Crippen LogP contribution in [0.15, 0.2) is 56.7 Å². The van der Waals surface area contributed by atoms with Crippen molar-refractivity contribution in [1.29, 1.82) is 0 Å². The fourth-order valence-electron chi connectivity index (χ4n) is 1.54. The lowest BCUT2D eigenvalue weighted by Crippen LogP contribution is -1.98. The number of halogens is 1. The summed E-state index contributed by atoms with van der Waals surface area (Å²) < 4.78 is 0.847. The third kappa shape index (κ3) is 3.37. The van der Waals surface area contributed by atoms with Gasteiger partial charge in [0.1, 0.15) is 0 Å². The fourth-order valence-corrected chi connectivity index (χ4v) is 3.11. The molecule has 1 N–H and O–H groups in total. The van der Waals surface area contributed by atoms with E-state index in [0.717, 1.165) is 21.1 Å². The normalized spacial score (nSPS) is 10.2. The Morgan fingerprint density at radius 1 is 1.25 bits per heavy atom. The molecule has 0 atom stereocenters. The molecule has 5 nitrogen and oxygen atoms in total. The number of aromatic carboxylic acids is 1. The molecule has 102 valence electrons. The van der Waals surface area contributed by atoms with Crippen LogP contribution in [0.2, 0.25) is 0 Å². The summed E-state index contributed by atoms with van der Waals surface area (Å²) in [5.74, 6) is -1.11. The van der Waals surface area contributed by atoms with Crippen molar-refractivity contribution in [3.8, 4) is 0 Å². The summed E-state index contributed by atoms with van der Waals surface area (Å²) in [6.45, 7) is 0. The lowest BCUT2D eigenvalue weighted by Gasteiger charge is -2.05. The monoisotopic (exact) mass is 353 g/mol. The van der Waals surface area contributed by atoms with Crippen molar-refractivity contribution in [2.45, 2.75) is 9.79 Å². The minimum absolute atomic E-state index is 0.0214. The van der Waals surface area contributed by atoms with Gasteiger partial charge in [-0.1, -0.05) is 33.8 Å². The molecule has 0 aliphatic carbocycles. The van der Waals surface area contributed by atoms with Gasteiger partial charge in [-0.15, -0.1) is 0 Å². The first-order valence-corrected chi connectivity index (χ1v) is 7.03. The topological polar surface area (TPSA) is 80.4 Å². The minimum Gasteiger partial charge on any atom is -0.478 e. The molecule has 0 aromatic heterocycles. The first-order chi connectivity index (χ1) is 9.47. The van der Waals surface area contributed by atoms with Gasteiger partial charge < -0.3 is 5.11 Å². The molecule has 0 amide bonds. The molecule has 0 bridgehead atoms. The van der Waals surface area contributed by atoms with E-state index in [1.54, 1.807) is 12.1 Å². The molecule has 2 aromatic carbocycles. The highest BCUT2D eigenvalue weighted by molar-refractivity contribution is 9.10. The van der Waals surface area contributed by atoms with Crippen LogP contribution in [0.4, 0.5) is 5.69 Å². The second-order valence-electron chi connectivity index (χ2n) is 3.80. The summed E-state index contributed by atoms with van der Waals surface area (Å²) in [5.41, 5.74) is -0.0897. The summed E-state index contributed by atoms with van der Waals surface area (Å²) >= 11 is 4.47. The quantitative estimate of drug-likeness (QED) is 0.657. The Labute approximate surface area is 126 Å². The third-order valence-electron chi connectivity index (χ3n) is 2.43. The van der Waals surface area contributed by atoms with Crippen LogP contribution >= 0.6 is 27.7 Å². The molecule has 0 saturated heterocycles. The predicted octanol–water partition coefficient (Wildman–Crippen LogP) is 4.21. The van der Waals surface area contributed by atoms with E-state index in [1.165, 1.54) is 18.2 Å². The van der Waals surface area contributed by atoms with E-state index in [-0.39, 0.29) is 11.3 Å². The smallest absolute Gasteiger partial charge is 0.335 e. The van der Waals surface area contributed by atoms with Crippen LogP contribution in [0.1, 0.15) is 10.4 Å². The lowest BCUT2D eigenvalue weighted by molar-refractivity contribution is -0.387. The van der Waals surface area contributed by atoms with Crippen molar-refractivity contribution in [3.63, 3.8) is 0 Å². The molecule has 0 spiro atoms. The van der Waals surface area contributed by atoms with Crippen LogP contribution in [0.25, 0.3) is 0 Å². The molecule has 0 radical (unpaired) electrons. The first kappa shape index (κ1) is 14.5. The highest BCUT2D eigenvalue weighted by Gasteiger charge is 2.17.